The Morgan fingerprint density at radius 2 is 2.04 bits per heavy atom. The van der Waals surface area contributed by atoms with Crippen LogP contribution in [0.1, 0.15) is 39.0 Å². The zero-order valence-electron chi connectivity index (χ0n) is 15.3. The molecule has 1 aliphatic rings. The van der Waals surface area contributed by atoms with Crippen LogP contribution in [-0.2, 0) is 9.16 Å². The van der Waals surface area contributed by atoms with E-state index < -0.39 is 20.2 Å². The Hall–Kier alpha value is -0.833. The Kier molecular flexibility index (Phi) is 5.54. The molecular weight excluding hydrogens is 344 g/mol. The molecule has 0 saturated carbocycles. The maximum Gasteiger partial charge on any atom is 0.330 e. The lowest BCUT2D eigenvalue weighted by Crippen LogP contribution is -2.46. The van der Waals surface area contributed by atoms with Crippen molar-refractivity contribution in [2.75, 3.05) is 5.75 Å². The first kappa shape index (κ1) is 19.5. The summed E-state index contributed by atoms with van der Waals surface area (Å²) >= 11 is 4.38. The molecule has 24 heavy (non-hydrogen) atoms. The molecule has 2 heterocycles. The van der Waals surface area contributed by atoms with Crippen molar-refractivity contribution in [3.05, 3.63) is 32.6 Å². The van der Waals surface area contributed by atoms with Crippen molar-refractivity contribution in [3.63, 3.8) is 0 Å². The predicted octanol–water partition coefficient (Wildman–Crippen LogP) is 2.45. The molecule has 1 N–H and O–H groups in total. The number of rotatable bonds is 4. The van der Waals surface area contributed by atoms with Gasteiger partial charge in [-0.25, -0.2) is 4.79 Å². The Morgan fingerprint density at radius 1 is 1.42 bits per heavy atom. The molecule has 0 unspecified atom stereocenters. The molecule has 0 radical (unpaired) electrons. The lowest BCUT2D eigenvalue weighted by atomic mass is 10.2. The second kappa shape index (κ2) is 6.82. The molecule has 3 atom stereocenters. The predicted molar refractivity (Wildman–Crippen MR) is 101 cm³/mol. The fourth-order valence-electron chi connectivity index (χ4n) is 2.51. The maximum absolute atomic E-state index is 12.1. The van der Waals surface area contributed by atoms with Crippen molar-refractivity contribution >= 4 is 20.9 Å². The first-order valence-electron chi connectivity index (χ1n) is 8.22. The maximum atomic E-state index is 12.1. The molecule has 1 aliphatic heterocycles. The van der Waals surface area contributed by atoms with E-state index in [1.165, 1.54) is 4.57 Å². The Labute approximate surface area is 149 Å². The summed E-state index contributed by atoms with van der Waals surface area (Å²) in [5, 5.41) is 0.0949. The van der Waals surface area contributed by atoms with E-state index in [9.17, 15) is 9.59 Å². The standard InChI is InChI=1S/C16H28N2O4SSi/c1-10-8-18(15(20)17-14(10)19)13-7-11(12(9-23)21-13)22-24(5,6)16(2,3)4/h8,11-13,23H,7,9H2,1-6H3,(H,17,19,20)/t11-,12+,13+/m0/s1. The molecule has 8 heteroatoms. The second-order valence-corrected chi connectivity index (χ2v) is 13.1. The Balaban J connectivity index is 2.25. The normalized spacial score (nSPS) is 25.2. The van der Waals surface area contributed by atoms with Crippen molar-refractivity contribution in [3.8, 4) is 0 Å². The van der Waals surface area contributed by atoms with Crippen LogP contribution in [0.5, 0.6) is 0 Å². The van der Waals surface area contributed by atoms with Gasteiger partial charge in [0.15, 0.2) is 8.32 Å². The highest BCUT2D eigenvalue weighted by atomic mass is 32.1. The van der Waals surface area contributed by atoms with Gasteiger partial charge in [-0.1, -0.05) is 20.8 Å². The number of aromatic nitrogens is 2. The van der Waals surface area contributed by atoms with Crippen LogP contribution in [-0.4, -0.2) is 35.8 Å². The highest BCUT2D eigenvalue weighted by Crippen LogP contribution is 2.41. The van der Waals surface area contributed by atoms with Crippen LogP contribution in [0.25, 0.3) is 0 Å². The summed E-state index contributed by atoms with van der Waals surface area (Å²) in [5.74, 6) is 0.521. The molecule has 0 aromatic carbocycles. The van der Waals surface area contributed by atoms with Gasteiger partial charge in [-0.15, -0.1) is 0 Å². The van der Waals surface area contributed by atoms with E-state index in [1.807, 2.05) is 0 Å². The van der Waals surface area contributed by atoms with E-state index in [-0.39, 0.29) is 22.8 Å². The van der Waals surface area contributed by atoms with Crippen LogP contribution in [0, 0.1) is 6.92 Å². The summed E-state index contributed by atoms with van der Waals surface area (Å²) in [7, 11) is -1.95. The number of nitrogens with one attached hydrogen (secondary N) is 1. The number of H-pyrrole nitrogens is 1. The largest absolute Gasteiger partial charge is 0.411 e. The second-order valence-electron chi connectivity index (χ2n) is 7.94. The number of nitrogens with zero attached hydrogens (tertiary/aromatic N) is 1. The molecule has 1 aromatic rings. The molecule has 0 aliphatic carbocycles. The number of ether oxygens (including phenoxy) is 1. The van der Waals surface area contributed by atoms with Crippen molar-refractivity contribution in [2.24, 2.45) is 0 Å². The number of thiol groups is 1. The fourth-order valence-corrected chi connectivity index (χ4v) is 4.19. The summed E-state index contributed by atoms with van der Waals surface area (Å²) in [6, 6.07) is 0. The zero-order chi connectivity index (χ0) is 18.3. The fraction of sp³-hybridized carbons (Fsp3) is 0.750. The van der Waals surface area contributed by atoms with E-state index in [1.54, 1.807) is 13.1 Å². The molecule has 1 saturated heterocycles. The Bertz CT molecular complexity index is 707. The van der Waals surface area contributed by atoms with Crippen LogP contribution >= 0.6 is 12.6 Å². The molecule has 0 bridgehead atoms. The third-order valence-corrected chi connectivity index (χ3v) is 9.93. The first-order valence-corrected chi connectivity index (χ1v) is 11.8. The van der Waals surface area contributed by atoms with Crippen LogP contribution in [0.4, 0.5) is 0 Å². The van der Waals surface area contributed by atoms with Gasteiger partial charge < -0.3 is 9.16 Å². The molecule has 1 fully saturated rings. The van der Waals surface area contributed by atoms with E-state index in [0.29, 0.717) is 17.7 Å². The van der Waals surface area contributed by atoms with Gasteiger partial charge >= 0.3 is 5.69 Å². The van der Waals surface area contributed by atoms with E-state index in [2.05, 4.69) is 51.5 Å². The average Bonchev–Trinajstić information content (AvgIpc) is 2.83. The van der Waals surface area contributed by atoms with Crippen LogP contribution in [0.3, 0.4) is 0 Å². The summed E-state index contributed by atoms with van der Waals surface area (Å²) in [5.41, 5.74) is -0.343. The molecular formula is C16H28N2O4SSi. The van der Waals surface area contributed by atoms with Crippen LogP contribution < -0.4 is 11.2 Å². The number of aryl methyl sites for hydroxylation is 1. The topological polar surface area (TPSA) is 73.3 Å². The quantitative estimate of drug-likeness (QED) is 0.629. The van der Waals surface area contributed by atoms with Gasteiger partial charge in [-0.3, -0.25) is 14.3 Å². The molecule has 6 nitrogen and oxygen atoms in total. The van der Waals surface area contributed by atoms with Crippen molar-refractivity contribution in [2.45, 2.75) is 70.7 Å². The van der Waals surface area contributed by atoms with E-state index in [0.717, 1.165) is 0 Å². The summed E-state index contributed by atoms with van der Waals surface area (Å²) < 4.78 is 13.9. The monoisotopic (exact) mass is 372 g/mol. The van der Waals surface area contributed by atoms with Crippen molar-refractivity contribution in [1.82, 2.24) is 9.55 Å². The SMILES string of the molecule is Cc1cn([C@H]2C[C@H](O[Si](C)(C)C(C)(C)C)[C@@H](CS)O2)c(=O)[nH]c1=O. The van der Waals surface area contributed by atoms with Gasteiger partial charge in [0.25, 0.3) is 5.56 Å². The lowest BCUT2D eigenvalue weighted by Gasteiger charge is -2.39. The highest BCUT2D eigenvalue weighted by molar-refractivity contribution is 7.80. The highest BCUT2D eigenvalue weighted by Gasteiger charge is 2.44. The summed E-state index contributed by atoms with van der Waals surface area (Å²) in [6.45, 7) is 12.6. The molecule has 1 aromatic heterocycles. The van der Waals surface area contributed by atoms with Crippen molar-refractivity contribution in [1.29, 1.82) is 0 Å². The minimum atomic E-state index is -1.95. The minimum Gasteiger partial charge on any atom is -0.411 e. The third-order valence-electron chi connectivity index (χ3n) is 5.07. The van der Waals surface area contributed by atoms with Gasteiger partial charge in [0.1, 0.15) is 6.23 Å². The Morgan fingerprint density at radius 3 is 2.58 bits per heavy atom. The van der Waals surface area contributed by atoms with Gasteiger partial charge in [-0.2, -0.15) is 12.6 Å². The zero-order valence-corrected chi connectivity index (χ0v) is 17.1. The number of hydrogen-bond donors (Lipinski definition) is 2. The first-order chi connectivity index (χ1) is 11.0. The van der Waals surface area contributed by atoms with Crippen LogP contribution in [0.15, 0.2) is 15.8 Å². The van der Waals surface area contributed by atoms with Gasteiger partial charge in [0.2, 0.25) is 0 Å². The summed E-state index contributed by atoms with van der Waals surface area (Å²) in [6.07, 6.45) is 1.40. The molecule has 0 spiro atoms. The van der Waals surface area contributed by atoms with Gasteiger partial charge in [0, 0.05) is 23.9 Å². The summed E-state index contributed by atoms with van der Waals surface area (Å²) in [4.78, 5) is 26.0. The number of hydrogen-bond acceptors (Lipinski definition) is 5. The van der Waals surface area contributed by atoms with Crippen LogP contribution in [0.2, 0.25) is 18.1 Å². The van der Waals surface area contributed by atoms with Crippen molar-refractivity contribution < 1.29 is 9.16 Å². The molecule has 0 amide bonds. The molecule has 2 rings (SSSR count). The lowest BCUT2D eigenvalue weighted by molar-refractivity contribution is -0.00566. The minimum absolute atomic E-state index is 0.0949. The van der Waals surface area contributed by atoms with E-state index >= 15 is 0 Å². The van der Waals surface area contributed by atoms with E-state index in [4.69, 9.17) is 9.16 Å². The smallest absolute Gasteiger partial charge is 0.330 e. The van der Waals surface area contributed by atoms with Gasteiger partial charge in [-0.05, 0) is 25.1 Å². The molecule has 136 valence electrons. The number of aromatic amines is 1. The average molecular weight is 373 g/mol. The third kappa shape index (κ3) is 3.87. The van der Waals surface area contributed by atoms with Gasteiger partial charge in [0.05, 0.1) is 12.2 Å².